The quantitative estimate of drug-likeness (QED) is 0.659. The van der Waals surface area contributed by atoms with Gasteiger partial charge in [0.2, 0.25) is 0 Å². The van der Waals surface area contributed by atoms with E-state index in [1.807, 2.05) is 0 Å². The summed E-state index contributed by atoms with van der Waals surface area (Å²) in [6.07, 6.45) is 2.15. The first-order chi connectivity index (χ1) is 9.01. The van der Waals surface area contributed by atoms with E-state index in [-0.39, 0.29) is 11.0 Å². The highest BCUT2D eigenvalue weighted by molar-refractivity contribution is 5.48. The summed E-state index contributed by atoms with van der Waals surface area (Å²) < 4.78 is 0. The van der Waals surface area contributed by atoms with Crippen molar-refractivity contribution in [2.45, 2.75) is 59.9 Å². The first-order valence-electron chi connectivity index (χ1n) is 7.53. The summed E-state index contributed by atoms with van der Waals surface area (Å²) in [5.41, 5.74) is 4.36. The molecule has 1 aromatic carbocycles. The molecule has 0 saturated carbocycles. The number of nitrogens with zero attached hydrogens (tertiary/aromatic N) is 1. The lowest BCUT2D eigenvalue weighted by atomic mass is 9.84. The molecule has 1 aromatic rings. The van der Waals surface area contributed by atoms with Crippen molar-refractivity contribution in [1.82, 2.24) is 0 Å². The molecular weight excluding hydrogens is 242 g/mol. The van der Waals surface area contributed by atoms with Crippen molar-refractivity contribution < 1.29 is 0 Å². The monoisotopic (exact) mass is 273 g/mol. The zero-order valence-corrected chi connectivity index (χ0v) is 14.4. The van der Waals surface area contributed by atoms with Crippen LogP contribution in [0.1, 0.15) is 53.5 Å². The maximum absolute atomic E-state index is 4.21. The number of hydrogen-bond acceptors (Lipinski definition) is 1. The van der Waals surface area contributed by atoms with Crippen LogP contribution >= 0.6 is 0 Å². The number of rotatable bonds is 4. The number of hydrogen-bond donors (Lipinski definition) is 0. The van der Waals surface area contributed by atoms with E-state index in [4.69, 9.17) is 0 Å². The van der Waals surface area contributed by atoms with E-state index in [9.17, 15) is 0 Å². The van der Waals surface area contributed by atoms with Gasteiger partial charge in [-0.1, -0.05) is 45.1 Å². The van der Waals surface area contributed by atoms with Gasteiger partial charge in [-0.25, -0.2) is 0 Å². The molecule has 0 N–H and O–H groups in total. The predicted octanol–water partition coefficient (Wildman–Crippen LogP) is 5.46. The molecule has 0 radical (unpaired) electrons. The van der Waals surface area contributed by atoms with E-state index >= 15 is 0 Å². The summed E-state index contributed by atoms with van der Waals surface area (Å²) in [7, 11) is 2.15. The third-order valence-corrected chi connectivity index (χ3v) is 4.11. The molecule has 0 aliphatic rings. The fourth-order valence-corrected chi connectivity index (χ4v) is 1.94. The molecule has 112 valence electrons. The average molecular weight is 273 g/mol. The molecule has 0 aromatic heterocycles. The lowest BCUT2D eigenvalue weighted by Crippen LogP contribution is -2.37. The van der Waals surface area contributed by atoms with Crippen molar-refractivity contribution in [2.24, 2.45) is 5.41 Å². The van der Waals surface area contributed by atoms with Gasteiger partial charge in [-0.2, -0.15) is 0 Å². The van der Waals surface area contributed by atoms with Crippen molar-refractivity contribution in [3.63, 3.8) is 0 Å². The van der Waals surface area contributed by atoms with Gasteiger partial charge in [-0.05, 0) is 56.7 Å². The van der Waals surface area contributed by atoms with E-state index in [0.717, 1.165) is 12.8 Å². The molecule has 20 heavy (non-hydrogen) atoms. The summed E-state index contributed by atoms with van der Waals surface area (Å²) >= 11 is 0. The molecule has 0 unspecified atom stereocenters. The highest BCUT2D eigenvalue weighted by Crippen LogP contribution is 2.28. The smallest absolute Gasteiger partial charge is 0.0368 e. The zero-order valence-electron chi connectivity index (χ0n) is 14.4. The summed E-state index contributed by atoms with van der Waals surface area (Å²) in [5, 5.41) is 0. The predicted molar refractivity (Wildman–Crippen MR) is 91.5 cm³/mol. The highest BCUT2D eigenvalue weighted by Gasteiger charge is 2.17. The Morgan fingerprint density at radius 2 is 1.50 bits per heavy atom. The Morgan fingerprint density at radius 1 is 1.00 bits per heavy atom. The molecule has 0 heterocycles. The Bertz CT molecular complexity index is 440. The number of allylic oxidation sites excluding steroid dienone is 1. The molecule has 0 atom stereocenters. The van der Waals surface area contributed by atoms with Crippen LogP contribution in [0.25, 0.3) is 0 Å². The third-order valence-electron chi connectivity index (χ3n) is 4.11. The summed E-state index contributed by atoms with van der Waals surface area (Å²) in [5.74, 6) is 0. The van der Waals surface area contributed by atoms with Crippen LogP contribution in [0.15, 0.2) is 36.4 Å². The van der Waals surface area contributed by atoms with E-state index in [0.29, 0.717) is 0 Å². The minimum atomic E-state index is 0.155. The first kappa shape index (κ1) is 16.8. The van der Waals surface area contributed by atoms with Crippen molar-refractivity contribution in [2.75, 3.05) is 11.9 Å². The maximum Gasteiger partial charge on any atom is 0.0368 e. The van der Waals surface area contributed by atoms with Crippen LogP contribution in [0, 0.1) is 5.41 Å². The second-order valence-electron chi connectivity index (χ2n) is 7.75. The Labute approximate surface area is 125 Å². The van der Waals surface area contributed by atoms with Gasteiger partial charge in [0.25, 0.3) is 0 Å². The van der Waals surface area contributed by atoms with Crippen molar-refractivity contribution >= 4 is 5.69 Å². The van der Waals surface area contributed by atoms with Crippen LogP contribution in [-0.4, -0.2) is 12.6 Å². The van der Waals surface area contributed by atoms with Gasteiger partial charge >= 0.3 is 0 Å². The molecule has 0 bridgehead atoms. The fraction of sp³-hybridized carbons (Fsp3) is 0.579. The average Bonchev–Trinajstić information content (AvgIpc) is 2.33. The normalized spacial score (nSPS) is 12.3. The van der Waals surface area contributed by atoms with Gasteiger partial charge < -0.3 is 4.90 Å². The number of benzene rings is 1. The summed E-state index contributed by atoms with van der Waals surface area (Å²) in [6.45, 7) is 17.6. The molecular formula is C19H31N. The zero-order chi connectivity index (χ0) is 15.6. The molecule has 1 heteroatoms. The highest BCUT2D eigenvalue weighted by atomic mass is 15.2. The first-order valence-corrected chi connectivity index (χ1v) is 7.53. The van der Waals surface area contributed by atoms with E-state index in [1.165, 1.54) is 16.8 Å². The maximum atomic E-state index is 4.21. The molecule has 0 amide bonds. The van der Waals surface area contributed by atoms with Gasteiger partial charge in [0.1, 0.15) is 0 Å². The minimum absolute atomic E-state index is 0.155. The van der Waals surface area contributed by atoms with Gasteiger partial charge in [0, 0.05) is 18.3 Å². The van der Waals surface area contributed by atoms with E-state index in [2.05, 4.69) is 84.3 Å². The fourth-order valence-electron chi connectivity index (χ4n) is 1.94. The van der Waals surface area contributed by atoms with Crippen LogP contribution in [0.3, 0.4) is 0 Å². The molecule has 0 aliphatic heterocycles. The second kappa shape index (κ2) is 6.03. The SMILES string of the molecule is C=C(CCc1ccc(N(C)C(C)(C)C)cc1)C(C)(C)C. The molecule has 0 spiro atoms. The van der Waals surface area contributed by atoms with Gasteiger partial charge in [0.05, 0.1) is 0 Å². The Morgan fingerprint density at radius 3 is 1.90 bits per heavy atom. The molecule has 1 rings (SSSR count). The Balaban J connectivity index is 2.66. The van der Waals surface area contributed by atoms with E-state index in [1.54, 1.807) is 0 Å². The largest absolute Gasteiger partial charge is 0.370 e. The number of anilines is 1. The van der Waals surface area contributed by atoms with Crippen LogP contribution in [0.2, 0.25) is 0 Å². The van der Waals surface area contributed by atoms with Crippen molar-refractivity contribution in [1.29, 1.82) is 0 Å². The molecule has 1 nitrogen and oxygen atoms in total. The van der Waals surface area contributed by atoms with Gasteiger partial charge in [-0.3, -0.25) is 0 Å². The van der Waals surface area contributed by atoms with Crippen LogP contribution < -0.4 is 4.90 Å². The van der Waals surface area contributed by atoms with Gasteiger partial charge in [-0.15, -0.1) is 0 Å². The minimum Gasteiger partial charge on any atom is -0.370 e. The second-order valence-corrected chi connectivity index (χ2v) is 7.75. The number of aryl methyl sites for hydroxylation is 1. The summed E-state index contributed by atoms with van der Waals surface area (Å²) in [6, 6.07) is 8.93. The van der Waals surface area contributed by atoms with Crippen molar-refractivity contribution in [3.8, 4) is 0 Å². The van der Waals surface area contributed by atoms with E-state index < -0.39 is 0 Å². The molecule has 0 aliphatic carbocycles. The molecule has 0 fully saturated rings. The lowest BCUT2D eigenvalue weighted by molar-refractivity contribution is 0.484. The van der Waals surface area contributed by atoms with Crippen LogP contribution in [0.4, 0.5) is 5.69 Å². The Hall–Kier alpha value is -1.24. The standard InChI is InChI=1S/C19H31N/c1-15(18(2,3)4)9-10-16-11-13-17(14-12-16)20(8)19(5,6)7/h11-14H,1,9-10H2,2-8H3. The van der Waals surface area contributed by atoms with Gasteiger partial charge in [0.15, 0.2) is 0 Å². The third kappa shape index (κ3) is 4.70. The van der Waals surface area contributed by atoms with Crippen LogP contribution in [-0.2, 0) is 6.42 Å². The lowest BCUT2D eigenvalue weighted by Gasteiger charge is -2.34. The summed E-state index contributed by atoms with van der Waals surface area (Å²) in [4.78, 5) is 2.31. The Kier molecular flexibility index (Phi) is 5.07. The molecule has 0 saturated heterocycles. The van der Waals surface area contributed by atoms with Crippen LogP contribution in [0.5, 0.6) is 0 Å². The van der Waals surface area contributed by atoms with Crippen molar-refractivity contribution in [3.05, 3.63) is 42.0 Å². The topological polar surface area (TPSA) is 3.24 Å².